The number of esters is 1. The van der Waals surface area contributed by atoms with Crippen molar-refractivity contribution in [3.63, 3.8) is 0 Å². The lowest BCUT2D eigenvalue weighted by atomic mass is 10.1. The van der Waals surface area contributed by atoms with E-state index in [0.29, 0.717) is 46.0 Å². The van der Waals surface area contributed by atoms with Gasteiger partial charge in [0, 0.05) is 11.5 Å². The van der Waals surface area contributed by atoms with Crippen molar-refractivity contribution in [2.75, 3.05) is 6.61 Å². The number of ketones is 1. The van der Waals surface area contributed by atoms with Gasteiger partial charge in [-0.2, -0.15) is 0 Å². The first-order valence-electron chi connectivity index (χ1n) is 11.5. The summed E-state index contributed by atoms with van der Waals surface area (Å²) in [6.45, 7) is 6.21. The van der Waals surface area contributed by atoms with Crippen molar-refractivity contribution < 1.29 is 28.2 Å². The van der Waals surface area contributed by atoms with Crippen molar-refractivity contribution in [2.45, 2.75) is 27.2 Å². The maximum Gasteiger partial charge on any atom is 0.347 e. The number of furan rings is 1. The minimum atomic E-state index is -0.564. The van der Waals surface area contributed by atoms with Gasteiger partial charge in [0.05, 0.1) is 12.2 Å². The summed E-state index contributed by atoms with van der Waals surface area (Å²) in [5.74, 6) is 1.17. The normalized spacial score (nSPS) is 13.7. The number of allylic oxidation sites excluding steroid dienone is 1. The summed E-state index contributed by atoms with van der Waals surface area (Å²) in [7, 11) is 0. The van der Waals surface area contributed by atoms with Crippen molar-refractivity contribution >= 4 is 28.8 Å². The fourth-order valence-corrected chi connectivity index (χ4v) is 4.10. The van der Waals surface area contributed by atoms with Crippen molar-refractivity contribution in [1.82, 2.24) is 0 Å². The predicted octanol–water partition coefficient (Wildman–Crippen LogP) is 6.54. The number of ether oxygens (including phenoxy) is 3. The van der Waals surface area contributed by atoms with Crippen LogP contribution in [0.2, 0.25) is 0 Å². The Labute approximate surface area is 202 Å². The van der Waals surface area contributed by atoms with E-state index >= 15 is 0 Å². The molecule has 0 aliphatic carbocycles. The summed E-state index contributed by atoms with van der Waals surface area (Å²) < 4.78 is 22.7. The molecule has 1 aromatic heterocycles. The fourth-order valence-electron chi connectivity index (χ4n) is 4.10. The number of hydrogen-bond donors (Lipinski definition) is 0. The van der Waals surface area contributed by atoms with Crippen LogP contribution in [0.15, 0.2) is 70.8 Å². The van der Waals surface area contributed by atoms with Crippen LogP contribution in [-0.4, -0.2) is 18.4 Å². The zero-order valence-electron chi connectivity index (χ0n) is 19.7. The van der Waals surface area contributed by atoms with E-state index in [1.54, 1.807) is 49.4 Å². The highest BCUT2D eigenvalue weighted by molar-refractivity contribution is 6.14. The highest BCUT2D eigenvalue weighted by Gasteiger charge is 2.28. The Morgan fingerprint density at radius 2 is 1.74 bits per heavy atom. The number of Topliss-reactive ketones (excluding diaryl/α,β-unsaturated/α-hetero) is 1. The standard InChI is InChI=1S/C29H24O6/c1-4-18-6-8-19(9-7-18)14-26-28(30)22-12-10-21(16-25(22)35-26)34-29(31)27-17(3)33-24-13-11-20(32-5-2)15-23(24)27/h6-16H,4-5H2,1-3H3/b26-14-. The molecule has 6 heteroatoms. The first kappa shape index (κ1) is 22.5. The molecule has 35 heavy (non-hydrogen) atoms. The number of rotatable bonds is 6. The van der Waals surface area contributed by atoms with E-state index < -0.39 is 5.97 Å². The lowest BCUT2D eigenvalue weighted by Crippen LogP contribution is -2.09. The highest BCUT2D eigenvalue weighted by atomic mass is 16.5. The number of aryl methyl sites for hydroxylation is 2. The van der Waals surface area contributed by atoms with Gasteiger partial charge in [-0.1, -0.05) is 31.2 Å². The molecule has 0 amide bonds. The van der Waals surface area contributed by atoms with Crippen LogP contribution in [0.25, 0.3) is 17.0 Å². The van der Waals surface area contributed by atoms with Crippen LogP contribution in [0.3, 0.4) is 0 Å². The Balaban J connectivity index is 1.38. The maximum absolute atomic E-state index is 13.1. The molecule has 3 aromatic carbocycles. The van der Waals surface area contributed by atoms with E-state index in [1.807, 2.05) is 31.2 Å². The summed E-state index contributed by atoms with van der Waals surface area (Å²) in [5.41, 5.74) is 3.42. The number of carbonyl (C=O) groups excluding carboxylic acids is 2. The topological polar surface area (TPSA) is 75.0 Å². The molecule has 0 spiro atoms. The molecule has 0 radical (unpaired) electrons. The van der Waals surface area contributed by atoms with Gasteiger partial charge < -0.3 is 18.6 Å². The fraction of sp³-hybridized carbons (Fsp3) is 0.172. The Bertz CT molecular complexity index is 1470. The number of fused-ring (bicyclic) bond motifs is 2. The Morgan fingerprint density at radius 3 is 2.49 bits per heavy atom. The quantitative estimate of drug-likeness (QED) is 0.182. The average Bonchev–Trinajstić information content (AvgIpc) is 3.34. The first-order chi connectivity index (χ1) is 17.0. The van der Waals surface area contributed by atoms with Gasteiger partial charge in [-0.25, -0.2) is 4.79 Å². The Hall–Kier alpha value is -4.32. The van der Waals surface area contributed by atoms with E-state index in [9.17, 15) is 9.59 Å². The molecule has 0 atom stereocenters. The summed E-state index contributed by atoms with van der Waals surface area (Å²) in [4.78, 5) is 25.9. The second kappa shape index (κ2) is 9.14. The van der Waals surface area contributed by atoms with Crippen molar-refractivity contribution in [3.8, 4) is 17.2 Å². The number of carbonyl (C=O) groups is 2. The minimum Gasteiger partial charge on any atom is -0.494 e. The van der Waals surface area contributed by atoms with E-state index in [0.717, 1.165) is 12.0 Å². The van der Waals surface area contributed by atoms with Crippen LogP contribution >= 0.6 is 0 Å². The monoisotopic (exact) mass is 468 g/mol. The SMILES string of the molecule is CCOc1ccc2oc(C)c(C(=O)Oc3ccc4c(c3)O/C(=C\c3ccc(CC)cc3)C4=O)c2c1. The molecule has 0 N–H and O–H groups in total. The third-order valence-corrected chi connectivity index (χ3v) is 5.89. The molecule has 1 aliphatic heterocycles. The van der Waals surface area contributed by atoms with Crippen LogP contribution in [0.5, 0.6) is 17.2 Å². The summed E-state index contributed by atoms with van der Waals surface area (Å²) in [5, 5.41) is 0.616. The second-order valence-electron chi connectivity index (χ2n) is 8.21. The number of hydrogen-bond acceptors (Lipinski definition) is 6. The van der Waals surface area contributed by atoms with E-state index in [4.69, 9.17) is 18.6 Å². The molecule has 176 valence electrons. The maximum atomic E-state index is 13.1. The van der Waals surface area contributed by atoms with E-state index in [2.05, 4.69) is 6.92 Å². The Morgan fingerprint density at radius 1 is 0.971 bits per heavy atom. The molecule has 6 nitrogen and oxygen atoms in total. The molecule has 1 aliphatic rings. The third kappa shape index (κ3) is 4.30. The largest absolute Gasteiger partial charge is 0.494 e. The van der Waals surface area contributed by atoms with Crippen molar-refractivity contribution in [3.05, 3.63) is 94.4 Å². The molecule has 0 saturated carbocycles. The average molecular weight is 469 g/mol. The molecule has 2 heterocycles. The molecule has 0 fully saturated rings. The smallest absolute Gasteiger partial charge is 0.347 e. The third-order valence-electron chi connectivity index (χ3n) is 5.89. The molecule has 5 rings (SSSR count). The summed E-state index contributed by atoms with van der Waals surface area (Å²) in [6.07, 6.45) is 2.66. The van der Waals surface area contributed by atoms with Crippen LogP contribution in [0, 0.1) is 6.92 Å². The molecule has 0 unspecified atom stereocenters. The molecular weight excluding hydrogens is 444 g/mol. The van der Waals surface area contributed by atoms with Crippen LogP contribution in [0.1, 0.15) is 51.5 Å². The zero-order chi connectivity index (χ0) is 24.5. The van der Waals surface area contributed by atoms with Crippen molar-refractivity contribution in [2.24, 2.45) is 0 Å². The molecule has 0 saturated heterocycles. The lowest BCUT2D eigenvalue weighted by molar-refractivity contribution is 0.0734. The van der Waals surface area contributed by atoms with Crippen LogP contribution < -0.4 is 14.2 Å². The van der Waals surface area contributed by atoms with Gasteiger partial charge in [-0.3, -0.25) is 4.79 Å². The zero-order valence-corrected chi connectivity index (χ0v) is 19.7. The van der Waals surface area contributed by atoms with Crippen LogP contribution in [0.4, 0.5) is 0 Å². The van der Waals surface area contributed by atoms with Crippen molar-refractivity contribution in [1.29, 1.82) is 0 Å². The van der Waals surface area contributed by atoms with E-state index in [-0.39, 0.29) is 17.3 Å². The predicted molar refractivity (Wildman–Crippen MR) is 132 cm³/mol. The van der Waals surface area contributed by atoms with Gasteiger partial charge in [0.25, 0.3) is 0 Å². The summed E-state index contributed by atoms with van der Waals surface area (Å²) >= 11 is 0. The molecule has 0 bridgehead atoms. The number of benzene rings is 3. The Kier molecular flexibility index (Phi) is 5.87. The summed E-state index contributed by atoms with van der Waals surface area (Å²) in [6, 6.07) is 18.0. The highest BCUT2D eigenvalue weighted by Crippen LogP contribution is 2.36. The molecular formula is C29H24O6. The van der Waals surface area contributed by atoms with Crippen LogP contribution in [-0.2, 0) is 6.42 Å². The second-order valence-corrected chi connectivity index (χ2v) is 8.21. The van der Waals surface area contributed by atoms with E-state index in [1.165, 1.54) is 5.56 Å². The van der Waals surface area contributed by atoms with Gasteiger partial charge in [-0.15, -0.1) is 0 Å². The van der Waals surface area contributed by atoms with Gasteiger partial charge in [-0.05, 0) is 67.8 Å². The first-order valence-corrected chi connectivity index (χ1v) is 11.5. The minimum absolute atomic E-state index is 0.211. The van der Waals surface area contributed by atoms with Gasteiger partial charge in [0.1, 0.15) is 34.2 Å². The molecule has 4 aromatic rings. The van der Waals surface area contributed by atoms with Gasteiger partial charge in [0.2, 0.25) is 5.78 Å². The van der Waals surface area contributed by atoms with Gasteiger partial charge in [0.15, 0.2) is 5.76 Å². The lowest BCUT2D eigenvalue weighted by Gasteiger charge is -2.06. The van der Waals surface area contributed by atoms with Gasteiger partial charge >= 0.3 is 5.97 Å².